The number of hydrogen-bond acceptors (Lipinski definition) is 4. The van der Waals surface area contributed by atoms with Crippen molar-refractivity contribution < 1.29 is 14.7 Å². The Hall–Kier alpha value is -1.46. The molecule has 1 fully saturated rings. The summed E-state index contributed by atoms with van der Waals surface area (Å²) in [6, 6.07) is 0. The molecule has 0 aliphatic carbocycles. The summed E-state index contributed by atoms with van der Waals surface area (Å²) in [5.41, 5.74) is 5.51. The van der Waals surface area contributed by atoms with Gasteiger partial charge in [0.05, 0.1) is 6.61 Å². The minimum atomic E-state index is -0.326. The number of piperidine rings is 1. The molecule has 0 aromatic heterocycles. The second kappa shape index (κ2) is 5.43. The number of amides is 1. The van der Waals surface area contributed by atoms with Crippen LogP contribution in [0.25, 0.3) is 0 Å². The quantitative estimate of drug-likeness (QED) is 0.305. The number of amidine groups is 1. The molecule has 86 valence electrons. The summed E-state index contributed by atoms with van der Waals surface area (Å²) >= 11 is 0. The maximum Gasteiger partial charge on any atom is 0.409 e. The number of ether oxygens (including phenoxy) is 1. The molecule has 0 saturated carbocycles. The van der Waals surface area contributed by atoms with Crippen molar-refractivity contribution in [3.05, 3.63) is 0 Å². The van der Waals surface area contributed by atoms with E-state index in [2.05, 4.69) is 5.16 Å². The molecule has 1 heterocycles. The Bertz CT molecular complexity index is 255. The Balaban J connectivity index is 2.52. The number of nitrogens with two attached hydrogens (primary N) is 1. The lowest BCUT2D eigenvalue weighted by molar-refractivity contribution is 0.0945. The van der Waals surface area contributed by atoms with Gasteiger partial charge < -0.3 is 20.6 Å². The summed E-state index contributed by atoms with van der Waals surface area (Å²) in [5, 5.41) is 11.5. The molecule has 0 aromatic rings. The highest BCUT2D eigenvalue weighted by Crippen LogP contribution is 2.17. The normalized spacial score (nSPS) is 22.6. The van der Waals surface area contributed by atoms with Gasteiger partial charge in [0.15, 0.2) is 0 Å². The fourth-order valence-corrected chi connectivity index (χ4v) is 1.68. The highest BCUT2D eigenvalue weighted by atomic mass is 16.6. The van der Waals surface area contributed by atoms with E-state index in [9.17, 15) is 4.79 Å². The zero-order valence-electron chi connectivity index (χ0n) is 8.85. The molecule has 0 spiro atoms. The van der Waals surface area contributed by atoms with Crippen molar-refractivity contribution in [3.63, 3.8) is 0 Å². The summed E-state index contributed by atoms with van der Waals surface area (Å²) in [4.78, 5) is 13.0. The summed E-state index contributed by atoms with van der Waals surface area (Å²) in [6.45, 7) is 3.27. The van der Waals surface area contributed by atoms with Gasteiger partial charge in [-0.05, 0) is 19.8 Å². The van der Waals surface area contributed by atoms with Gasteiger partial charge in [-0.1, -0.05) is 5.16 Å². The van der Waals surface area contributed by atoms with E-state index in [0.29, 0.717) is 19.7 Å². The van der Waals surface area contributed by atoms with Crippen molar-refractivity contribution in [1.29, 1.82) is 0 Å². The van der Waals surface area contributed by atoms with Crippen LogP contribution in [0.5, 0.6) is 0 Å². The molecule has 1 amide bonds. The smallest absolute Gasteiger partial charge is 0.409 e. The minimum absolute atomic E-state index is 0.0619. The first-order valence-corrected chi connectivity index (χ1v) is 5.08. The zero-order valence-corrected chi connectivity index (χ0v) is 8.85. The van der Waals surface area contributed by atoms with Crippen LogP contribution in [0.2, 0.25) is 0 Å². The van der Waals surface area contributed by atoms with Crippen molar-refractivity contribution >= 4 is 11.9 Å². The van der Waals surface area contributed by atoms with Gasteiger partial charge in [-0.3, -0.25) is 0 Å². The molecule has 15 heavy (non-hydrogen) atoms. The third-order valence-electron chi connectivity index (χ3n) is 2.48. The first kappa shape index (κ1) is 11.6. The molecule has 6 nitrogen and oxygen atoms in total. The maximum atomic E-state index is 11.4. The van der Waals surface area contributed by atoms with Crippen LogP contribution < -0.4 is 5.73 Å². The highest BCUT2D eigenvalue weighted by Gasteiger charge is 2.26. The Morgan fingerprint density at radius 2 is 2.47 bits per heavy atom. The Morgan fingerprint density at radius 1 is 1.73 bits per heavy atom. The standard InChI is InChI=1S/C9H17N3O3/c1-2-15-9(13)12-5-3-4-7(6-12)8(10)11-14/h7,14H,2-6H2,1H3,(H2,10,11). The number of hydrogen-bond donors (Lipinski definition) is 2. The zero-order chi connectivity index (χ0) is 11.3. The molecular formula is C9H17N3O3. The van der Waals surface area contributed by atoms with Crippen LogP contribution >= 0.6 is 0 Å². The van der Waals surface area contributed by atoms with Crippen LogP contribution in [0.3, 0.4) is 0 Å². The van der Waals surface area contributed by atoms with Crippen molar-refractivity contribution in [3.8, 4) is 0 Å². The molecule has 0 radical (unpaired) electrons. The molecule has 1 aliphatic rings. The number of rotatable bonds is 2. The van der Waals surface area contributed by atoms with Crippen LogP contribution in [-0.2, 0) is 4.74 Å². The lowest BCUT2D eigenvalue weighted by atomic mass is 9.97. The Kier molecular flexibility index (Phi) is 4.20. The van der Waals surface area contributed by atoms with Gasteiger partial charge in [0.1, 0.15) is 5.84 Å². The SMILES string of the molecule is CCOC(=O)N1CCCC(C(N)=NO)C1. The monoisotopic (exact) mass is 215 g/mol. The molecule has 1 unspecified atom stereocenters. The van der Waals surface area contributed by atoms with Gasteiger partial charge in [-0.15, -0.1) is 0 Å². The number of oxime groups is 1. The fraction of sp³-hybridized carbons (Fsp3) is 0.778. The molecule has 1 aliphatic heterocycles. The molecular weight excluding hydrogens is 198 g/mol. The number of carbonyl (C=O) groups excluding carboxylic acids is 1. The largest absolute Gasteiger partial charge is 0.450 e. The first-order valence-electron chi connectivity index (χ1n) is 5.08. The third-order valence-corrected chi connectivity index (χ3v) is 2.48. The van der Waals surface area contributed by atoms with Gasteiger partial charge in [0, 0.05) is 19.0 Å². The second-order valence-electron chi connectivity index (χ2n) is 3.51. The Labute approximate surface area is 88.7 Å². The van der Waals surface area contributed by atoms with E-state index in [0.717, 1.165) is 12.8 Å². The van der Waals surface area contributed by atoms with Gasteiger partial charge in [0.2, 0.25) is 0 Å². The topological polar surface area (TPSA) is 88.2 Å². The number of nitrogens with zero attached hydrogens (tertiary/aromatic N) is 2. The average molecular weight is 215 g/mol. The first-order chi connectivity index (χ1) is 7.19. The molecule has 1 saturated heterocycles. The van der Waals surface area contributed by atoms with E-state index in [4.69, 9.17) is 15.7 Å². The van der Waals surface area contributed by atoms with Crippen LogP contribution in [0.1, 0.15) is 19.8 Å². The predicted molar refractivity (Wildman–Crippen MR) is 54.7 cm³/mol. The van der Waals surface area contributed by atoms with Gasteiger partial charge >= 0.3 is 6.09 Å². The van der Waals surface area contributed by atoms with Gasteiger partial charge in [-0.25, -0.2) is 4.79 Å². The fourth-order valence-electron chi connectivity index (χ4n) is 1.68. The average Bonchev–Trinajstić information content (AvgIpc) is 2.28. The number of carbonyl (C=O) groups is 1. The summed E-state index contributed by atoms with van der Waals surface area (Å²) < 4.78 is 4.89. The van der Waals surface area contributed by atoms with Crippen molar-refractivity contribution in [2.45, 2.75) is 19.8 Å². The van der Waals surface area contributed by atoms with E-state index >= 15 is 0 Å². The molecule has 1 atom stereocenters. The molecule has 0 aromatic carbocycles. The molecule has 1 rings (SSSR count). The van der Waals surface area contributed by atoms with E-state index in [-0.39, 0.29) is 17.8 Å². The Morgan fingerprint density at radius 3 is 3.07 bits per heavy atom. The van der Waals surface area contributed by atoms with E-state index < -0.39 is 0 Å². The van der Waals surface area contributed by atoms with E-state index in [1.807, 2.05) is 0 Å². The third kappa shape index (κ3) is 3.00. The molecule has 3 N–H and O–H groups in total. The lowest BCUT2D eigenvalue weighted by Crippen LogP contribution is -2.44. The lowest BCUT2D eigenvalue weighted by Gasteiger charge is -2.31. The van der Waals surface area contributed by atoms with Gasteiger partial charge in [-0.2, -0.15) is 0 Å². The van der Waals surface area contributed by atoms with E-state index in [1.54, 1.807) is 11.8 Å². The summed E-state index contributed by atoms with van der Waals surface area (Å²) in [6.07, 6.45) is 1.36. The summed E-state index contributed by atoms with van der Waals surface area (Å²) in [5.74, 6) is 0.122. The predicted octanol–water partition coefficient (Wildman–Crippen LogP) is 0.601. The van der Waals surface area contributed by atoms with Crippen LogP contribution in [0, 0.1) is 5.92 Å². The van der Waals surface area contributed by atoms with E-state index in [1.165, 1.54) is 0 Å². The molecule has 0 bridgehead atoms. The minimum Gasteiger partial charge on any atom is -0.450 e. The van der Waals surface area contributed by atoms with Gasteiger partial charge in [0.25, 0.3) is 0 Å². The highest BCUT2D eigenvalue weighted by molar-refractivity contribution is 5.83. The number of likely N-dealkylation sites (tertiary alicyclic amines) is 1. The van der Waals surface area contributed by atoms with Crippen LogP contribution in [0.15, 0.2) is 5.16 Å². The second-order valence-corrected chi connectivity index (χ2v) is 3.51. The van der Waals surface area contributed by atoms with Crippen molar-refractivity contribution in [1.82, 2.24) is 4.90 Å². The van der Waals surface area contributed by atoms with Crippen molar-refractivity contribution in [2.75, 3.05) is 19.7 Å². The molecule has 6 heteroatoms. The van der Waals surface area contributed by atoms with Crippen LogP contribution in [0.4, 0.5) is 4.79 Å². The van der Waals surface area contributed by atoms with Crippen LogP contribution in [-0.4, -0.2) is 41.7 Å². The summed E-state index contributed by atoms with van der Waals surface area (Å²) in [7, 11) is 0. The maximum absolute atomic E-state index is 11.4. The van der Waals surface area contributed by atoms with Crippen molar-refractivity contribution in [2.24, 2.45) is 16.8 Å².